The zero-order chi connectivity index (χ0) is 18.7. The minimum Gasteiger partial charge on any atom is -0.307 e. The van der Waals surface area contributed by atoms with E-state index in [1.807, 2.05) is 12.1 Å². The number of hydrogen-bond acceptors (Lipinski definition) is 4. The van der Waals surface area contributed by atoms with E-state index < -0.39 is 17.9 Å². The van der Waals surface area contributed by atoms with Crippen LogP contribution in [0.1, 0.15) is 26.2 Å². The van der Waals surface area contributed by atoms with Crippen molar-refractivity contribution in [1.82, 2.24) is 9.88 Å². The van der Waals surface area contributed by atoms with E-state index in [0.717, 1.165) is 31.0 Å². The van der Waals surface area contributed by atoms with E-state index >= 15 is 0 Å². The largest absolute Gasteiger partial charge is 0.307 e. The van der Waals surface area contributed by atoms with Crippen molar-refractivity contribution in [3.8, 4) is 0 Å². The third-order valence-electron chi connectivity index (χ3n) is 4.73. The predicted octanol–water partition coefficient (Wildman–Crippen LogP) is 4.12. The van der Waals surface area contributed by atoms with Crippen LogP contribution in [0.2, 0.25) is 0 Å². The molecular weight excluding hydrogens is 356 g/mol. The van der Waals surface area contributed by atoms with Crippen molar-refractivity contribution in [2.24, 2.45) is 0 Å². The molecule has 1 aliphatic heterocycles. The molecule has 1 N–H and O–H groups in total. The van der Waals surface area contributed by atoms with E-state index in [-0.39, 0.29) is 17.6 Å². The molecule has 0 aromatic carbocycles. The van der Waals surface area contributed by atoms with Crippen LogP contribution in [-0.2, 0) is 4.79 Å². The Hall–Kier alpha value is -1.73. The van der Waals surface area contributed by atoms with Crippen LogP contribution in [0.4, 0.5) is 14.6 Å². The summed E-state index contributed by atoms with van der Waals surface area (Å²) in [5, 5.41) is 4.08. The van der Waals surface area contributed by atoms with Gasteiger partial charge in [-0.1, -0.05) is 12.1 Å². The van der Waals surface area contributed by atoms with Gasteiger partial charge in [0.05, 0.1) is 5.03 Å². The summed E-state index contributed by atoms with van der Waals surface area (Å²) >= 11 is 1.72. The molecule has 0 radical (unpaired) electrons. The Morgan fingerprint density at radius 2 is 2.08 bits per heavy atom. The van der Waals surface area contributed by atoms with Gasteiger partial charge in [0.25, 0.3) is 5.91 Å². The van der Waals surface area contributed by atoms with Gasteiger partial charge in [-0.25, -0.2) is 13.8 Å². The Morgan fingerprint density at radius 1 is 1.35 bits per heavy atom. The highest BCUT2D eigenvalue weighted by atomic mass is 32.2. The molecule has 4 nitrogen and oxygen atoms in total. The van der Waals surface area contributed by atoms with Gasteiger partial charge in [-0.2, -0.15) is 0 Å². The van der Waals surface area contributed by atoms with Crippen LogP contribution in [-0.4, -0.2) is 47.3 Å². The second kappa shape index (κ2) is 8.31. The molecule has 1 aromatic heterocycles. The molecule has 1 fully saturated rings. The van der Waals surface area contributed by atoms with Gasteiger partial charge in [0.15, 0.2) is 6.17 Å². The first kappa shape index (κ1) is 19.0. The minimum atomic E-state index is -1.65. The molecule has 7 heteroatoms. The number of hydrogen-bond donors (Lipinski definition) is 1. The topological polar surface area (TPSA) is 45.2 Å². The number of piperidine rings is 1. The molecule has 1 unspecified atom stereocenters. The van der Waals surface area contributed by atoms with Crippen LogP contribution in [0.3, 0.4) is 0 Å². The average molecular weight is 379 g/mol. The molecule has 1 amide bonds. The number of anilines is 1. The number of likely N-dealkylation sites (tertiary alicyclic amines) is 1. The van der Waals surface area contributed by atoms with E-state index in [2.05, 4.69) is 22.2 Å². The maximum absolute atomic E-state index is 13.7. The zero-order valence-electron chi connectivity index (χ0n) is 15.0. The van der Waals surface area contributed by atoms with Gasteiger partial charge in [-0.15, -0.1) is 11.8 Å². The number of halogens is 2. The first-order valence-corrected chi connectivity index (χ1v) is 9.66. The van der Waals surface area contributed by atoms with Crippen LogP contribution < -0.4 is 5.32 Å². The quantitative estimate of drug-likeness (QED) is 0.855. The summed E-state index contributed by atoms with van der Waals surface area (Å²) in [4.78, 5) is 19.2. The second-order valence-electron chi connectivity index (χ2n) is 6.73. The number of allylic oxidation sites excluding steroid dienone is 2. The lowest BCUT2D eigenvalue weighted by Crippen LogP contribution is -2.31. The maximum Gasteiger partial charge on any atom is 0.256 e. The number of nitrogens with one attached hydrogen (secondary N) is 1. The van der Waals surface area contributed by atoms with E-state index in [0.29, 0.717) is 11.1 Å². The number of nitrogens with zero attached hydrogens (tertiary/aromatic N) is 2. The Labute approximate surface area is 156 Å². The Balaban J connectivity index is 1.64. The van der Waals surface area contributed by atoms with Crippen molar-refractivity contribution >= 4 is 23.5 Å². The molecule has 1 aromatic rings. The number of amides is 1. The predicted molar refractivity (Wildman–Crippen MR) is 101 cm³/mol. The molecule has 3 rings (SSSR count). The fraction of sp³-hybridized carbons (Fsp3) is 0.474. The van der Waals surface area contributed by atoms with Gasteiger partial charge < -0.3 is 10.2 Å². The number of carbonyl (C=O) groups is 1. The Kier molecular flexibility index (Phi) is 6.09. The van der Waals surface area contributed by atoms with Crippen LogP contribution in [0.15, 0.2) is 46.3 Å². The number of rotatable bonds is 4. The molecule has 2 aliphatic rings. The molecule has 1 atom stereocenters. The number of carbonyl (C=O) groups excluding carboxylic acids is 1. The monoisotopic (exact) mass is 379 g/mol. The first-order valence-electron chi connectivity index (χ1n) is 8.78. The highest BCUT2D eigenvalue weighted by molar-refractivity contribution is 7.99. The highest BCUT2D eigenvalue weighted by Crippen LogP contribution is 2.31. The molecule has 0 bridgehead atoms. The van der Waals surface area contributed by atoms with Gasteiger partial charge in [-0.3, -0.25) is 4.79 Å². The molecule has 2 heterocycles. The SMILES string of the molecule is CC1=C(F)C(F)CC=C1C(=O)Nc1cccc(SC2CCN(C)CC2)n1. The summed E-state index contributed by atoms with van der Waals surface area (Å²) in [6, 6.07) is 5.47. The molecule has 26 heavy (non-hydrogen) atoms. The molecular formula is C19H23F2N3OS. The summed E-state index contributed by atoms with van der Waals surface area (Å²) in [5.74, 6) is -0.903. The molecule has 1 saturated heterocycles. The summed E-state index contributed by atoms with van der Waals surface area (Å²) in [7, 11) is 2.12. The van der Waals surface area contributed by atoms with Crippen LogP contribution in [0, 0.1) is 0 Å². The van der Waals surface area contributed by atoms with Crippen molar-refractivity contribution in [1.29, 1.82) is 0 Å². The molecule has 0 spiro atoms. The van der Waals surface area contributed by atoms with Gasteiger partial charge in [-0.05, 0) is 57.6 Å². The van der Waals surface area contributed by atoms with E-state index in [1.54, 1.807) is 17.8 Å². The van der Waals surface area contributed by atoms with Crippen LogP contribution in [0.5, 0.6) is 0 Å². The summed E-state index contributed by atoms with van der Waals surface area (Å²) < 4.78 is 27.1. The lowest BCUT2D eigenvalue weighted by molar-refractivity contribution is -0.112. The van der Waals surface area contributed by atoms with Gasteiger partial charge in [0.1, 0.15) is 11.6 Å². The van der Waals surface area contributed by atoms with Gasteiger partial charge >= 0.3 is 0 Å². The maximum atomic E-state index is 13.7. The van der Waals surface area contributed by atoms with Gasteiger partial charge in [0, 0.05) is 17.2 Å². The lowest BCUT2D eigenvalue weighted by Gasteiger charge is -2.28. The van der Waals surface area contributed by atoms with E-state index in [4.69, 9.17) is 0 Å². The minimum absolute atomic E-state index is 0.0538. The number of thioether (sulfide) groups is 1. The fourth-order valence-corrected chi connectivity index (χ4v) is 4.21. The Bertz CT molecular complexity index is 742. The third-order valence-corrected chi connectivity index (χ3v) is 6.00. The van der Waals surface area contributed by atoms with Crippen molar-refractivity contribution in [2.75, 3.05) is 25.5 Å². The second-order valence-corrected chi connectivity index (χ2v) is 8.05. The highest BCUT2D eigenvalue weighted by Gasteiger charge is 2.26. The van der Waals surface area contributed by atoms with Crippen molar-refractivity contribution in [3.63, 3.8) is 0 Å². The van der Waals surface area contributed by atoms with Gasteiger partial charge in [0.2, 0.25) is 0 Å². The summed E-state index contributed by atoms with van der Waals surface area (Å²) in [6.45, 7) is 3.58. The molecule has 1 aliphatic carbocycles. The lowest BCUT2D eigenvalue weighted by atomic mass is 9.96. The van der Waals surface area contributed by atoms with Crippen LogP contribution in [0.25, 0.3) is 0 Å². The zero-order valence-corrected chi connectivity index (χ0v) is 15.8. The third kappa shape index (κ3) is 4.51. The molecule has 0 saturated carbocycles. The molecule has 140 valence electrons. The van der Waals surface area contributed by atoms with E-state index in [9.17, 15) is 13.6 Å². The first-order chi connectivity index (χ1) is 12.4. The number of alkyl halides is 1. The van der Waals surface area contributed by atoms with Crippen LogP contribution >= 0.6 is 11.8 Å². The smallest absolute Gasteiger partial charge is 0.256 e. The number of pyridine rings is 1. The summed E-state index contributed by atoms with van der Waals surface area (Å²) in [6.07, 6.45) is 1.89. The van der Waals surface area contributed by atoms with Crippen molar-refractivity contribution in [2.45, 2.75) is 42.6 Å². The summed E-state index contributed by atoms with van der Waals surface area (Å²) in [5.41, 5.74) is 0.227. The fourth-order valence-electron chi connectivity index (χ4n) is 3.11. The van der Waals surface area contributed by atoms with Crippen molar-refractivity contribution in [3.05, 3.63) is 41.2 Å². The normalized spacial score (nSPS) is 22.3. The number of aromatic nitrogens is 1. The average Bonchev–Trinajstić information content (AvgIpc) is 2.62. The van der Waals surface area contributed by atoms with Crippen molar-refractivity contribution < 1.29 is 13.6 Å². The Morgan fingerprint density at radius 3 is 2.81 bits per heavy atom. The van der Waals surface area contributed by atoms with E-state index in [1.165, 1.54) is 13.0 Å². The standard InChI is InChI=1S/C19H23F2N3OS/c1-12-14(6-7-15(20)18(12)21)19(25)23-16-4-3-5-17(22-16)26-13-8-10-24(2)11-9-13/h3-6,13,15H,7-11H2,1-2H3,(H,22,23,25).